The first kappa shape index (κ1) is 26.6. The molecule has 202 valence electrons. The minimum atomic E-state index is -2.16. The maximum atomic E-state index is 14.5. The van der Waals surface area contributed by atoms with Gasteiger partial charge in [-0.15, -0.1) is 0 Å². The molecule has 2 aromatic heterocycles. The summed E-state index contributed by atoms with van der Waals surface area (Å²) in [6.07, 6.45) is 8.93. The van der Waals surface area contributed by atoms with Crippen molar-refractivity contribution >= 4 is 37.8 Å². The predicted molar refractivity (Wildman–Crippen MR) is 148 cm³/mol. The maximum Gasteiger partial charge on any atom is 0.165 e. The summed E-state index contributed by atoms with van der Waals surface area (Å²) in [7, 11) is -2.16. The third-order valence-electron chi connectivity index (χ3n) is 7.62. The standard InChI is InChI=1S/C26H35ClFN5O3S/c1-37(35)15-23(26(37)34)31-17-2-4-18(5-3-17)32-24-12-19(20(27)14-29-24)22-7-6-21(28)25(33-22)30-13-16-8-10-36-11-9-16/h6-7,12,14,16-18,23,31,34H,2-5,8-11,13,15H2,1H3,(H,29,32)(H,30,33)/t17-,18-,23-,37?/m0/s1. The van der Waals surface area contributed by atoms with Crippen molar-refractivity contribution in [1.82, 2.24) is 15.3 Å². The molecule has 2 atom stereocenters. The minimum absolute atomic E-state index is 0.113. The van der Waals surface area contributed by atoms with E-state index in [-0.39, 0.29) is 28.8 Å². The molecule has 3 aliphatic rings. The highest BCUT2D eigenvalue weighted by Crippen LogP contribution is 2.31. The molecule has 2 aromatic rings. The van der Waals surface area contributed by atoms with Crippen LogP contribution >= 0.6 is 11.6 Å². The Morgan fingerprint density at radius 3 is 2.59 bits per heavy atom. The van der Waals surface area contributed by atoms with Crippen LogP contribution in [0.5, 0.6) is 0 Å². The molecule has 1 saturated heterocycles. The Labute approximate surface area is 222 Å². The summed E-state index contributed by atoms with van der Waals surface area (Å²) in [5, 5.41) is 20.7. The summed E-state index contributed by atoms with van der Waals surface area (Å²) in [5.41, 5.74) is 1.28. The largest absolute Gasteiger partial charge is 0.381 e. The van der Waals surface area contributed by atoms with Crippen molar-refractivity contribution in [3.63, 3.8) is 0 Å². The molecule has 8 nitrogen and oxygen atoms in total. The van der Waals surface area contributed by atoms with Gasteiger partial charge in [0.2, 0.25) is 0 Å². The molecule has 1 aliphatic carbocycles. The van der Waals surface area contributed by atoms with Crippen LogP contribution in [-0.2, 0) is 14.3 Å². The summed E-state index contributed by atoms with van der Waals surface area (Å²) in [4.78, 5) is 8.99. The van der Waals surface area contributed by atoms with Gasteiger partial charge in [-0.25, -0.2) is 14.4 Å². The number of halogens is 2. The Morgan fingerprint density at radius 2 is 1.89 bits per heavy atom. The van der Waals surface area contributed by atoms with Gasteiger partial charge in [0.05, 0.1) is 16.8 Å². The number of nitrogens with zero attached hydrogens (tertiary/aromatic N) is 2. The summed E-state index contributed by atoms with van der Waals surface area (Å²) in [6.45, 7) is 2.14. The Morgan fingerprint density at radius 1 is 1.16 bits per heavy atom. The van der Waals surface area contributed by atoms with Crippen molar-refractivity contribution < 1.29 is 18.4 Å². The number of rotatable bonds is 8. The van der Waals surface area contributed by atoms with E-state index in [2.05, 4.69) is 25.9 Å². The van der Waals surface area contributed by atoms with Crippen molar-refractivity contribution in [2.75, 3.05) is 42.4 Å². The number of anilines is 2. The summed E-state index contributed by atoms with van der Waals surface area (Å²) < 4.78 is 31.9. The second-order valence-electron chi connectivity index (χ2n) is 10.4. The fourth-order valence-corrected chi connectivity index (χ4v) is 7.03. The highest BCUT2D eigenvalue weighted by Gasteiger charge is 2.34. The zero-order valence-corrected chi connectivity index (χ0v) is 22.6. The minimum Gasteiger partial charge on any atom is -0.381 e. The van der Waals surface area contributed by atoms with E-state index in [9.17, 15) is 13.7 Å². The summed E-state index contributed by atoms with van der Waals surface area (Å²) >= 11 is 6.47. The first-order valence-electron chi connectivity index (χ1n) is 13.0. The van der Waals surface area contributed by atoms with E-state index in [4.69, 9.17) is 16.3 Å². The van der Waals surface area contributed by atoms with E-state index in [1.807, 2.05) is 6.07 Å². The smallest absolute Gasteiger partial charge is 0.165 e. The highest BCUT2D eigenvalue weighted by atomic mass is 35.5. The van der Waals surface area contributed by atoms with Crippen molar-refractivity contribution in [3.05, 3.63) is 35.2 Å². The van der Waals surface area contributed by atoms with E-state index < -0.39 is 9.52 Å². The van der Waals surface area contributed by atoms with E-state index in [0.29, 0.717) is 46.4 Å². The van der Waals surface area contributed by atoms with E-state index in [1.165, 1.54) is 6.07 Å². The fraction of sp³-hybridized carbons (Fsp3) is 0.577. The average Bonchev–Trinajstić information content (AvgIpc) is 2.90. The van der Waals surface area contributed by atoms with Gasteiger partial charge in [0.15, 0.2) is 11.6 Å². The van der Waals surface area contributed by atoms with Crippen LogP contribution in [0.4, 0.5) is 16.0 Å². The number of ether oxygens (including phenoxy) is 1. The van der Waals surface area contributed by atoms with E-state index in [1.54, 1.807) is 18.5 Å². The lowest BCUT2D eigenvalue weighted by Gasteiger charge is -2.36. The van der Waals surface area contributed by atoms with E-state index >= 15 is 0 Å². The molecule has 0 aromatic carbocycles. The van der Waals surface area contributed by atoms with E-state index in [0.717, 1.165) is 51.7 Å². The van der Waals surface area contributed by atoms with Crippen LogP contribution in [0.15, 0.2) is 24.4 Å². The normalized spacial score (nSPS) is 28.5. The van der Waals surface area contributed by atoms with Crippen LogP contribution in [-0.4, -0.2) is 74.2 Å². The zero-order chi connectivity index (χ0) is 26.0. The number of nitrogens with one attached hydrogen (secondary N) is 3. The third kappa shape index (κ3) is 6.37. The van der Waals surface area contributed by atoms with Gasteiger partial charge in [0.25, 0.3) is 0 Å². The molecule has 0 amide bonds. The van der Waals surface area contributed by atoms with Crippen LogP contribution in [0.1, 0.15) is 38.5 Å². The lowest BCUT2D eigenvalue weighted by Crippen LogP contribution is -2.57. The lowest BCUT2D eigenvalue weighted by atomic mass is 9.90. The molecular formula is C26H35ClFN5O3S. The molecule has 37 heavy (non-hydrogen) atoms. The second kappa shape index (κ2) is 11.4. The number of hydrogen-bond acceptors (Lipinski definition) is 7. The zero-order valence-electron chi connectivity index (χ0n) is 21.0. The Bertz CT molecular complexity index is 1240. The Balaban J connectivity index is 1.19. The van der Waals surface area contributed by atoms with Crippen LogP contribution < -0.4 is 16.0 Å². The van der Waals surface area contributed by atoms with Gasteiger partial charge < -0.3 is 25.8 Å². The van der Waals surface area contributed by atoms with Gasteiger partial charge in [-0.05, 0) is 72.2 Å². The SMILES string of the molecule is CS1(=O)=C(O)[C@@H](N[C@H]2CC[C@H](Nc3cc(-c4ccc(F)c(NCC5CCOCC5)n4)c(Cl)cn3)CC2)C1. The van der Waals surface area contributed by atoms with Crippen molar-refractivity contribution in [3.8, 4) is 11.3 Å². The van der Waals surface area contributed by atoms with Crippen LogP contribution in [0, 0.1) is 11.7 Å². The molecule has 4 N–H and O–H groups in total. The summed E-state index contributed by atoms with van der Waals surface area (Å²) in [6, 6.07) is 5.33. The first-order chi connectivity index (χ1) is 17.8. The average molecular weight is 552 g/mol. The van der Waals surface area contributed by atoms with Gasteiger partial charge >= 0.3 is 0 Å². The molecule has 0 spiro atoms. The Hall–Kier alpha value is -1.98. The lowest BCUT2D eigenvalue weighted by molar-refractivity contribution is 0.0699. The van der Waals surface area contributed by atoms with Gasteiger partial charge in [0.1, 0.15) is 10.9 Å². The third-order valence-corrected chi connectivity index (χ3v) is 10.1. The monoisotopic (exact) mass is 551 g/mol. The second-order valence-corrected chi connectivity index (χ2v) is 13.6. The van der Waals surface area contributed by atoms with Crippen molar-refractivity contribution in [2.45, 2.75) is 56.7 Å². The number of aliphatic hydroxyl groups is 1. The summed E-state index contributed by atoms with van der Waals surface area (Å²) in [5.74, 6) is 1.49. The number of hydrogen-bond donors (Lipinski definition) is 4. The first-order valence-corrected chi connectivity index (χ1v) is 15.5. The van der Waals surface area contributed by atoms with Crippen LogP contribution in [0.2, 0.25) is 5.02 Å². The van der Waals surface area contributed by atoms with Crippen molar-refractivity contribution in [1.29, 1.82) is 0 Å². The number of pyridine rings is 2. The van der Waals surface area contributed by atoms with Gasteiger partial charge in [0, 0.05) is 55.6 Å². The van der Waals surface area contributed by atoms with Crippen LogP contribution in [0.3, 0.4) is 0 Å². The maximum absolute atomic E-state index is 14.5. The molecular weight excluding hydrogens is 517 g/mol. The van der Waals surface area contributed by atoms with Crippen molar-refractivity contribution in [2.24, 2.45) is 5.92 Å². The molecule has 11 heteroatoms. The Kier molecular flexibility index (Phi) is 8.21. The predicted octanol–water partition coefficient (Wildman–Crippen LogP) is 4.07. The number of aromatic nitrogens is 2. The molecule has 2 aliphatic heterocycles. The van der Waals surface area contributed by atoms with Crippen LogP contribution in [0.25, 0.3) is 11.3 Å². The molecule has 2 fully saturated rings. The molecule has 0 radical (unpaired) electrons. The molecule has 4 heterocycles. The van der Waals surface area contributed by atoms with Gasteiger partial charge in [-0.1, -0.05) is 11.6 Å². The molecule has 1 unspecified atom stereocenters. The fourth-order valence-electron chi connectivity index (χ4n) is 5.32. The topological polar surface area (TPSA) is 108 Å². The molecule has 5 rings (SSSR count). The van der Waals surface area contributed by atoms with Gasteiger partial charge in [-0.3, -0.25) is 4.21 Å². The quantitative estimate of drug-likeness (QED) is 0.364. The van der Waals surface area contributed by atoms with Gasteiger partial charge in [-0.2, -0.15) is 0 Å². The highest BCUT2D eigenvalue weighted by molar-refractivity contribution is 8.03. The number of aliphatic hydroxyl groups excluding tert-OH is 1. The molecule has 1 saturated carbocycles. The molecule has 0 bridgehead atoms.